The third-order valence-electron chi connectivity index (χ3n) is 5.35. The van der Waals surface area contributed by atoms with E-state index in [1.807, 2.05) is 38.1 Å². The van der Waals surface area contributed by atoms with Crippen molar-refractivity contribution < 1.29 is 4.79 Å². The summed E-state index contributed by atoms with van der Waals surface area (Å²) in [5.41, 5.74) is 3.89. The zero-order valence-corrected chi connectivity index (χ0v) is 17.9. The summed E-state index contributed by atoms with van der Waals surface area (Å²) in [4.78, 5) is 30.8. The first-order valence-corrected chi connectivity index (χ1v) is 10.5. The maximum Gasteiger partial charge on any atom is 0.258 e. The van der Waals surface area contributed by atoms with Gasteiger partial charge in [0, 0.05) is 22.8 Å². The Morgan fingerprint density at radius 1 is 1.20 bits per heavy atom. The number of aryl methyl sites for hydroxylation is 3. The Morgan fingerprint density at radius 2 is 1.97 bits per heavy atom. The second-order valence-corrected chi connectivity index (χ2v) is 8.05. The van der Waals surface area contributed by atoms with E-state index in [1.165, 1.54) is 4.57 Å². The van der Waals surface area contributed by atoms with Gasteiger partial charge in [0.2, 0.25) is 11.9 Å². The zero-order valence-electron chi connectivity index (χ0n) is 17.1. The highest BCUT2D eigenvalue weighted by molar-refractivity contribution is 6.31. The third kappa shape index (κ3) is 4.03. The fraction of sp³-hybridized carbons (Fsp3) is 0.364. The molecule has 1 N–H and O–H groups in total. The minimum atomic E-state index is -0.280. The molecule has 0 atom stereocenters. The average molecular weight is 426 g/mol. The van der Waals surface area contributed by atoms with E-state index >= 15 is 0 Å². The van der Waals surface area contributed by atoms with Crippen LogP contribution >= 0.6 is 11.6 Å². The van der Waals surface area contributed by atoms with Gasteiger partial charge in [-0.25, -0.2) is 9.67 Å². The second kappa shape index (κ2) is 8.44. The highest BCUT2D eigenvalue weighted by Gasteiger charge is 2.22. The van der Waals surface area contributed by atoms with Crippen LogP contribution < -0.4 is 10.9 Å². The van der Waals surface area contributed by atoms with Gasteiger partial charge in [-0.2, -0.15) is 5.10 Å². The van der Waals surface area contributed by atoms with Gasteiger partial charge in [0.15, 0.2) is 0 Å². The molecule has 0 bridgehead atoms. The van der Waals surface area contributed by atoms with Crippen LogP contribution in [-0.2, 0) is 30.7 Å². The fourth-order valence-corrected chi connectivity index (χ4v) is 4.05. The van der Waals surface area contributed by atoms with Gasteiger partial charge in [-0.3, -0.25) is 14.2 Å². The smallest absolute Gasteiger partial charge is 0.258 e. The lowest BCUT2D eigenvalue weighted by atomic mass is 9.97. The number of hydrogen-bond acceptors (Lipinski definition) is 4. The van der Waals surface area contributed by atoms with E-state index in [4.69, 9.17) is 16.6 Å². The molecule has 7 nitrogen and oxygen atoms in total. The van der Waals surface area contributed by atoms with Crippen molar-refractivity contribution in [2.45, 2.75) is 52.6 Å². The van der Waals surface area contributed by atoms with Crippen LogP contribution in [0.3, 0.4) is 0 Å². The molecular formula is C22H24ClN5O2. The molecule has 0 radical (unpaired) electrons. The maximum absolute atomic E-state index is 13.3. The first-order chi connectivity index (χ1) is 14.4. The quantitative estimate of drug-likeness (QED) is 0.681. The van der Waals surface area contributed by atoms with E-state index in [2.05, 4.69) is 10.4 Å². The lowest BCUT2D eigenvalue weighted by Crippen LogP contribution is -2.37. The fourth-order valence-electron chi connectivity index (χ4n) is 3.85. The Balaban J connectivity index is 1.67. The maximum atomic E-state index is 13.3. The summed E-state index contributed by atoms with van der Waals surface area (Å²) in [5, 5.41) is 7.93. The number of fused-ring (bicyclic) bond motifs is 1. The van der Waals surface area contributed by atoms with Gasteiger partial charge >= 0.3 is 0 Å². The molecule has 8 heteroatoms. The molecule has 1 aliphatic rings. The molecule has 0 saturated carbocycles. The largest absolute Gasteiger partial charge is 0.350 e. The average Bonchev–Trinajstić information content (AvgIpc) is 3.07. The molecule has 2 heterocycles. The molecule has 1 aromatic carbocycles. The number of hydrogen-bond donors (Lipinski definition) is 1. The van der Waals surface area contributed by atoms with Gasteiger partial charge in [0.1, 0.15) is 6.54 Å². The minimum absolute atomic E-state index is 0.128. The first kappa shape index (κ1) is 20.3. The summed E-state index contributed by atoms with van der Waals surface area (Å²) in [7, 11) is 0. The normalized spacial score (nSPS) is 13.2. The van der Waals surface area contributed by atoms with Crippen molar-refractivity contribution in [1.29, 1.82) is 0 Å². The van der Waals surface area contributed by atoms with E-state index in [0.717, 1.165) is 41.9 Å². The Kier molecular flexibility index (Phi) is 5.72. The summed E-state index contributed by atoms with van der Waals surface area (Å²) in [5.74, 6) is 0.108. The number of aromatic nitrogens is 4. The molecular weight excluding hydrogens is 402 g/mol. The summed E-state index contributed by atoms with van der Waals surface area (Å²) in [6.45, 7) is 3.96. The molecule has 30 heavy (non-hydrogen) atoms. The number of nitrogens with zero attached hydrogens (tertiary/aromatic N) is 4. The number of amides is 1. The van der Waals surface area contributed by atoms with Crippen LogP contribution in [0.2, 0.25) is 5.02 Å². The van der Waals surface area contributed by atoms with Crippen molar-refractivity contribution in [3.8, 4) is 5.95 Å². The standard InChI is InChI=1S/C22H24ClN5O2/c1-14-11-15(2)28(26-14)22-25-19-10-6-4-8-17(19)21(30)27(22)13-20(29)24-12-16-7-3-5-9-18(16)23/h3,5,7,9,11H,4,6,8,10,12-13H2,1-2H3,(H,24,29). The monoisotopic (exact) mass is 425 g/mol. The predicted molar refractivity (Wildman–Crippen MR) is 115 cm³/mol. The predicted octanol–water partition coefficient (Wildman–Crippen LogP) is 2.89. The van der Waals surface area contributed by atoms with Gasteiger partial charge in [-0.1, -0.05) is 29.8 Å². The van der Waals surface area contributed by atoms with Gasteiger partial charge in [0.25, 0.3) is 5.56 Å². The molecule has 0 fully saturated rings. The van der Waals surface area contributed by atoms with Gasteiger partial charge in [-0.05, 0) is 57.2 Å². The van der Waals surface area contributed by atoms with E-state index < -0.39 is 0 Å². The van der Waals surface area contributed by atoms with Gasteiger partial charge in [0.05, 0.1) is 11.4 Å². The minimum Gasteiger partial charge on any atom is -0.350 e. The van der Waals surface area contributed by atoms with Crippen LogP contribution in [0.1, 0.15) is 41.1 Å². The second-order valence-electron chi connectivity index (χ2n) is 7.64. The van der Waals surface area contributed by atoms with Crippen molar-refractivity contribution in [3.05, 3.63) is 73.9 Å². The van der Waals surface area contributed by atoms with E-state index in [0.29, 0.717) is 29.5 Å². The summed E-state index contributed by atoms with van der Waals surface area (Å²) in [6.07, 6.45) is 3.44. The Morgan fingerprint density at radius 3 is 2.70 bits per heavy atom. The lowest BCUT2D eigenvalue weighted by Gasteiger charge is -2.20. The highest BCUT2D eigenvalue weighted by Crippen LogP contribution is 2.19. The van der Waals surface area contributed by atoms with Crippen molar-refractivity contribution in [2.24, 2.45) is 0 Å². The van der Waals surface area contributed by atoms with Gasteiger partial charge < -0.3 is 5.32 Å². The molecule has 1 amide bonds. The Hall–Kier alpha value is -2.93. The van der Waals surface area contributed by atoms with Crippen LogP contribution in [-0.4, -0.2) is 25.2 Å². The number of carbonyl (C=O) groups is 1. The van der Waals surface area contributed by atoms with Crippen molar-refractivity contribution >= 4 is 17.5 Å². The molecule has 156 valence electrons. The van der Waals surface area contributed by atoms with E-state index in [1.54, 1.807) is 10.7 Å². The zero-order chi connectivity index (χ0) is 21.3. The van der Waals surface area contributed by atoms with Crippen LogP contribution in [0.4, 0.5) is 0 Å². The Labute approximate surface area is 179 Å². The number of carbonyl (C=O) groups excluding carboxylic acids is 1. The van der Waals surface area contributed by atoms with Gasteiger partial charge in [-0.15, -0.1) is 0 Å². The summed E-state index contributed by atoms with van der Waals surface area (Å²) in [6, 6.07) is 9.27. The van der Waals surface area contributed by atoms with E-state index in [9.17, 15) is 9.59 Å². The molecule has 0 aliphatic heterocycles. The number of rotatable bonds is 5. The van der Waals surface area contributed by atoms with Crippen LogP contribution in [0.15, 0.2) is 35.1 Å². The molecule has 4 rings (SSSR count). The molecule has 0 saturated heterocycles. The Bertz CT molecular complexity index is 1160. The number of halogens is 1. The van der Waals surface area contributed by atoms with Crippen LogP contribution in [0.5, 0.6) is 0 Å². The lowest BCUT2D eigenvalue weighted by molar-refractivity contribution is -0.121. The van der Waals surface area contributed by atoms with Crippen molar-refractivity contribution in [1.82, 2.24) is 24.6 Å². The molecule has 0 spiro atoms. The van der Waals surface area contributed by atoms with Crippen molar-refractivity contribution in [2.75, 3.05) is 0 Å². The molecule has 3 aromatic rings. The topological polar surface area (TPSA) is 81.8 Å². The third-order valence-corrected chi connectivity index (χ3v) is 5.72. The number of benzene rings is 1. The van der Waals surface area contributed by atoms with E-state index in [-0.39, 0.29) is 18.0 Å². The van der Waals surface area contributed by atoms with Crippen molar-refractivity contribution in [3.63, 3.8) is 0 Å². The SMILES string of the molecule is Cc1cc(C)n(-c2nc3c(c(=O)n2CC(=O)NCc2ccccc2Cl)CCCC3)n1. The van der Waals surface area contributed by atoms with Crippen LogP contribution in [0, 0.1) is 13.8 Å². The summed E-state index contributed by atoms with van der Waals surface area (Å²) >= 11 is 6.17. The number of nitrogens with one attached hydrogen (secondary N) is 1. The first-order valence-electron chi connectivity index (χ1n) is 10.1. The molecule has 2 aromatic heterocycles. The molecule has 1 aliphatic carbocycles. The van der Waals surface area contributed by atoms with Crippen LogP contribution in [0.25, 0.3) is 5.95 Å². The molecule has 0 unspecified atom stereocenters. The highest BCUT2D eigenvalue weighted by atomic mass is 35.5. The summed E-state index contributed by atoms with van der Waals surface area (Å²) < 4.78 is 3.08.